The lowest BCUT2D eigenvalue weighted by Gasteiger charge is -2.16. The highest BCUT2D eigenvalue weighted by Gasteiger charge is 2.09. The van der Waals surface area contributed by atoms with Crippen molar-refractivity contribution >= 4 is 5.91 Å². The van der Waals surface area contributed by atoms with E-state index in [2.05, 4.69) is 19.2 Å². The number of hydrogen-bond donors (Lipinski definition) is 2. The Balaban J connectivity index is 3.55. The SMILES string of the molecule is CCCCCOC(CO)CNC(=O)CCCCC. The standard InChI is InChI=1S/C14H29NO3/c1-3-5-7-9-14(17)15-11-13(12-16)18-10-8-6-4-2/h13,16H,3-12H2,1-2H3,(H,15,17). The number of carbonyl (C=O) groups excluding carboxylic acids is 1. The molecule has 0 rings (SSSR count). The predicted octanol–water partition coefficient (Wildman–Crippen LogP) is 2.25. The molecule has 0 fully saturated rings. The fourth-order valence-corrected chi connectivity index (χ4v) is 1.63. The molecular weight excluding hydrogens is 230 g/mol. The summed E-state index contributed by atoms with van der Waals surface area (Å²) in [4.78, 5) is 11.5. The van der Waals surface area contributed by atoms with Crippen molar-refractivity contribution in [1.29, 1.82) is 0 Å². The second-order valence-electron chi connectivity index (χ2n) is 4.64. The summed E-state index contributed by atoms with van der Waals surface area (Å²) in [6.07, 6.45) is 6.75. The van der Waals surface area contributed by atoms with Crippen molar-refractivity contribution in [3.8, 4) is 0 Å². The van der Waals surface area contributed by atoms with Gasteiger partial charge in [-0.2, -0.15) is 0 Å². The second-order valence-corrected chi connectivity index (χ2v) is 4.64. The quantitative estimate of drug-likeness (QED) is 0.528. The fraction of sp³-hybridized carbons (Fsp3) is 0.929. The molecule has 0 aromatic heterocycles. The third-order valence-corrected chi connectivity index (χ3v) is 2.84. The Labute approximate surface area is 111 Å². The Hall–Kier alpha value is -0.610. The number of unbranched alkanes of at least 4 members (excludes halogenated alkanes) is 4. The zero-order chi connectivity index (χ0) is 13.6. The Morgan fingerprint density at radius 1 is 1.17 bits per heavy atom. The van der Waals surface area contributed by atoms with Crippen LogP contribution in [0.3, 0.4) is 0 Å². The van der Waals surface area contributed by atoms with Crippen LogP contribution in [0.1, 0.15) is 58.8 Å². The van der Waals surface area contributed by atoms with E-state index in [9.17, 15) is 4.79 Å². The van der Waals surface area contributed by atoms with Crippen LogP contribution in [-0.2, 0) is 9.53 Å². The van der Waals surface area contributed by atoms with Crippen molar-refractivity contribution < 1.29 is 14.6 Å². The fourth-order valence-electron chi connectivity index (χ4n) is 1.63. The van der Waals surface area contributed by atoms with Crippen molar-refractivity contribution in [2.75, 3.05) is 19.8 Å². The van der Waals surface area contributed by atoms with Gasteiger partial charge in [-0.05, 0) is 12.8 Å². The summed E-state index contributed by atoms with van der Waals surface area (Å²) in [7, 11) is 0. The molecule has 1 amide bonds. The molecule has 0 aliphatic carbocycles. The van der Waals surface area contributed by atoms with E-state index in [1.54, 1.807) is 0 Å². The molecule has 0 spiro atoms. The summed E-state index contributed by atoms with van der Waals surface area (Å²) < 4.78 is 5.50. The lowest BCUT2D eigenvalue weighted by molar-refractivity contribution is -0.122. The lowest BCUT2D eigenvalue weighted by atomic mass is 10.2. The number of aliphatic hydroxyl groups is 1. The highest BCUT2D eigenvalue weighted by atomic mass is 16.5. The molecule has 2 N–H and O–H groups in total. The smallest absolute Gasteiger partial charge is 0.220 e. The van der Waals surface area contributed by atoms with Gasteiger partial charge in [0.15, 0.2) is 0 Å². The van der Waals surface area contributed by atoms with Gasteiger partial charge in [-0.25, -0.2) is 0 Å². The summed E-state index contributed by atoms with van der Waals surface area (Å²) in [5.74, 6) is 0.0547. The van der Waals surface area contributed by atoms with Crippen LogP contribution >= 0.6 is 0 Å². The summed E-state index contributed by atoms with van der Waals surface area (Å²) >= 11 is 0. The van der Waals surface area contributed by atoms with Gasteiger partial charge in [0.1, 0.15) is 0 Å². The van der Waals surface area contributed by atoms with Crippen molar-refractivity contribution in [1.82, 2.24) is 5.32 Å². The molecule has 1 atom stereocenters. The first kappa shape index (κ1) is 17.4. The molecule has 0 saturated heterocycles. The number of nitrogens with one attached hydrogen (secondary N) is 1. The molecule has 108 valence electrons. The minimum atomic E-state index is -0.267. The van der Waals surface area contributed by atoms with Gasteiger partial charge in [-0.3, -0.25) is 4.79 Å². The minimum Gasteiger partial charge on any atom is -0.394 e. The van der Waals surface area contributed by atoms with Crippen LogP contribution in [0, 0.1) is 0 Å². The number of amides is 1. The summed E-state index contributed by atoms with van der Waals surface area (Å²) in [5.41, 5.74) is 0. The summed E-state index contributed by atoms with van der Waals surface area (Å²) in [6, 6.07) is 0. The molecule has 0 heterocycles. The molecule has 4 heteroatoms. The van der Waals surface area contributed by atoms with E-state index in [0.717, 1.165) is 38.5 Å². The monoisotopic (exact) mass is 259 g/mol. The van der Waals surface area contributed by atoms with Crippen molar-refractivity contribution in [3.63, 3.8) is 0 Å². The Morgan fingerprint density at radius 3 is 2.44 bits per heavy atom. The van der Waals surface area contributed by atoms with E-state index >= 15 is 0 Å². The van der Waals surface area contributed by atoms with E-state index in [1.807, 2.05) is 0 Å². The number of hydrogen-bond acceptors (Lipinski definition) is 3. The van der Waals surface area contributed by atoms with Gasteiger partial charge >= 0.3 is 0 Å². The second kappa shape index (κ2) is 12.8. The van der Waals surface area contributed by atoms with Crippen LogP contribution in [0.2, 0.25) is 0 Å². The van der Waals surface area contributed by atoms with Crippen LogP contribution in [0.5, 0.6) is 0 Å². The van der Waals surface area contributed by atoms with Crippen LogP contribution in [-0.4, -0.2) is 36.9 Å². The van der Waals surface area contributed by atoms with Crippen molar-refractivity contribution in [2.24, 2.45) is 0 Å². The van der Waals surface area contributed by atoms with E-state index in [-0.39, 0.29) is 18.6 Å². The molecule has 0 aliphatic heterocycles. The molecular formula is C14H29NO3. The van der Waals surface area contributed by atoms with E-state index in [1.165, 1.54) is 0 Å². The van der Waals surface area contributed by atoms with Gasteiger partial charge in [0.05, 0.1) is 12.7 Å². The Bertz CT molecular complexity index is 197. The maximum Gasteiger partial charge on any atom is 0.220 e. The normalized spacial score (nSPS) is 12.4. The zero-order valence-corrected chi connectivity index (χ0v) is 11.9. The van der Waals surface area contributed by atoms with Gasteiger partial charge < -0.3 is 15.2 Å². The molecule has 1 unspecified atom stereocenters. The molecule has 0 saturated carbocycles. The lowest BCUT2D eigenvalue weighted by Crippen LogP contribution is -2.35. The molecule has 0 radical (unpaired) electrons. The molecule has 0 aliphatic rings. The van der Waals surface area contributed by atoms with E-state index in [0.29, 0.717) is 19.6 Å². The highest BCUT2D eigenvalue weighted by molar-refractivity contribution is 5.75. The van der Waals surface area contributed by atoms with Gasteiger partial charge in [-0.1, -0.05) is 39.5 Å². The average Bonchev–Trinajstić information content (AvgIpc) is 2.38. The highest BCUT2D eigenvalue weighted by Crippen LogP contribution is 2.00. The van der Waals surface area contributed by atoms with Gasteiger partial charge in [-0.15, -0.1) is 0 Å². The molecule has 0 bridgehead atoms. The summed E-state index contributed by atoms with van der Waals surface area (Å²) in [6.45, 7) is 5.28. The Morgan fingerprint density at radius 2 is 1.83 bits per heavy atom. The topological polar surface area (TPSA) is 58.6 Å². The number of carbonyl (C=O) groups is 1. The first-order valence-corrected chi connectivity index (χ1v) is 7.23. The van der Waals surface area contributed by atoms with E-state index < -0.39 is 0 Å². The van der Waals surface area contributed by atoms with Crippen molar-refractivity contribution in [2.45, 2.75) is 64.9 Å². The van der Waals surface area contributed by atoms with E-state index in [4.69, 9.17) is 9.84 Å². The molecule has 4 nitrogen and oxygen atoms in total. The maximum absolute atomic E-state index is 11.5. The third kappa shape index (κ3) is 10.5. The number of ether oxygens (including phenoxy) is 1. The van der Waals surface area contributed by atoms with Crippen molar-refractivity contribution in [3.05, 3.63) is 0 Å². The molecule has 0 aromatic carbocycles. The minimum absolute atomic E-state index is 0.0403. The Kier molecular flexibility index (Phi) is 12.4. The average molecular weight is 259 g/mol. The number of rotatable bonds is 12. The first-order valence-electron chi connectivity index (χ1n) is 7.23. The third-order valence-electron chi connectivity index (χ3n) is 2.84. The van der Waals surface area contributed by atoms with Crippen LogP contribution in [0.4, 0.5) is 0 Å². The van der Waals surface area contributed by atoms with Crippen LogP contribution < -0.4 is 5.32 Å². The van der Waals surface area contributed by atoms with Crippen LogP contribution in [0.25, 0.3) is 0 Å². The zero-order valence-electron chi connectivity index (χ0n) is 11.9. The molecule has 0 aromatic rings. The largest absolute Gasteiger partial charge is 0.394 e. The van der Waals surface area contributed by atoms with Crippen LogP contribution in [0.15, 0.2) is 0 Å². The molecule has 18 heavy (non-hydrogen) atoms. The number of aliphatic hydroxyl groups excluding tert-OH is 1. The summed E-state index contributed by atoms with van der Waals surface area (Å²) in [5, 5.41) is 11.9. The predicted molar refractivity (Wildman–Crippen MR) is 73.5 cm³/mol. The van der Waals surface area contributed by atoms with Gasteiger partial charge in [0, 0.05) is 19.6 Å². The van der Waals surface area contributed by atoms with Gasteiger partial charge in [0.2, 0.25) is 5.91 Å². The first-order chi connectivity index (χ1) is 8.74. The maximum atomic E-state index is 11.5. The van der Waals surface area contributed by atoms with Gasteiger partial charge in [0.25, 0.3) is 0 Å².